The van der Waals surface area contributed by atoms with Crippen LogP contribution in [0.25, 0.3) is 11.0 Å². The maximum atomic E-state index is 12.4. The molecule has 0 spiro atoms. The summed E-state index contributed by atoms with van der Waals surface area (Å²) in [5.41, 5.74) is 7.86. The second-order valence-corrected chi connectivity index (χ2v) is 9.05. The fraction of sp³-hybridized carbons (Fsp3) is 0.440. The molecule has 0 aliphatic carbocycles. The van der Waals surface area contributed by atoms with Crippen molar-refractivity contribution in [1.82, 2.24) is 30.3 Å². The molecule has 2 fully saturated rings. The number of amides is 1. The summed E-state index contributed by atoms with van der Waals surface area (Å²) in [7, 11) is 0. The first kappa shape index (κ1) is 22.5. The van der Waals surface area contributed by atoms with Crippen LogP contribution in [0.15, 0.2) is 41.5 Å². The van der Waals surface area contributed by atoms with Crippen molar-refractivity contribution in [2.45, 2.75) is 32.7 Å². The molecule has 0 bridgehead atoms. The smallest absolute Gasteiger partial charge is 0.284 e. The lowest BCUT2D eigenvalue weighted by Crippen LogP contribution is -2.46. The molecule has 5 heterocycles. The van der Waals surface area contributed by atoms with E-state index < -0.39 is 0 Å². The fourth-order valence-corrected chi connectivity index (χ4v) is 4.68. The number of piperazine rings is 1. The van der Waals surface area contributed by atoms with Crippen LogP contribution < -0.4 is 15.9 Å². The van der Waals surface area contributed by atoms with Crippen LogP contribution >= 0.6 is 0 Å². The van der Waals surface area contributed by atoms with E-state index in [9.17, 15) is 9.59 Å². The Morgan fingerprint density at radius 2 is 1.82 bits per heavy atom. The van der Waals surface area contributed by atoms with Crippen molar-refractivity contribution in [3.63, 3.8) is 0 Å². The summed E-state index contributed by atoms with van der Waals surface area (Å²) < 4.78 is 0. The first-order valence-electron chi connectivity index (χ1n) is 12.1. The van der Waals surface area contributed by atoms with E-state index in [1.807, 2.05) is 36.3 Å². The summed E-state index contributed by atoms with van der Waals surface area (Å²) >= 11 is 0. The maximum Gasteiger partial charge on any atom is 0.284 e. The third-order valence-electron chi connectivity index (χ3n) is 6.70. The summed E-state index contributed by atoms with van der Waals surface area (Å²) in [6.07, 6.45) is 6.64. The third kappa shape index (κ3) is 4.95. The molecule has 1 amide bonds. The van der Waals surface area contributed by atoms with Crippen molar-refractivity contribution in [2.24, 2.45) is 0 Å². The molecule has 0 saturated carbocycles. The van der Waals surface area contributed by atoms with Gasteiger partial charge in [0.2, 0.25) is 0 Å². The Hall–Kier alpha value is -3.30. The van der Waals surface area contributed by atoms with Crippen LogP contribution in [0.3, 0.4) is 0 Å². The van der Waals surface area contributed by atoms with Gasteiger partial charge in [0.05, 0.1) is 22.9 Å². The van der Waals surface area contributed by atoms with Gasteiger partial charge >= 0.3 is 0 Å². The van der Waals surface area contributed by atoms with E-state index in [1.165, 1.54) is 0 Å². The van der Waals surface area contributed by atoms with Gasteiger partial charge in [0.15, 0.2) is 0 Å². The van der Waals surface area contributed by atoms with E-state index in [0.29, 0.717) is 12.1 Å². The van der Waals surface area contributed by atoms with Crippen LogP contribution in [0, 0.1) is 0 Å². The van der Waals surface area contributed by atoms with Gasteiger partial charge in [-0.3, -0.25) is 24.9 Å². The number of hydrogen-bond donors (Lipinski definition) is 2. The lowest BCUT2D eigenvalue weighted by Gasteiger charge is -2.36. The highest BCUT2D eigenvalue weighted by atomic mass is 16.2. The van der Waals surface area contributed by atoms with Crippen molar-refractivity contribution < 1.29 is 4.79 Å². The first-order valence-corrected chi connectivity index (χ1v) is 12.1. The number of pyridine rings is 3. The van der Waals surface area contributed by atoms with Crippen LogP contribution in [0.5, 0.6) is 0 Å². The molecule has 2 N–H and O–H groups in total. The molecule has 0 unspecified atom stereocenters. The zero-order valence-corrected chi connectivity index (χ0v) is 19.6. The topological polar surface area (TPSA) is 97.5 Å². The van der Waals surface area contributed by atoms with Crippen molar-refractivity contribution >= 4 is 22.6 Å². The predicted octanol–water partition coefficient (Wildman–Crippen LogP) is 1.94. The molecule has 2 aliphatic rings. The number of aromatic amines is 1. The molecular formula is C25H31N7O2. The van der Waals surface area contributed by atoms with E-state index >= 15 is 0 Å². The van der Waals surface area contributed by atoms with Gasteiger partial charge in [-0.15, -0.1) is 0 Å². The monoisotopic (exact) mass is 461 g/mol. The van der Waals surface area contributed by atoms with E-state index in [2.05, 4.69) is 30.2 Å². The Morgan fingerprint density at radius 3 is 2.53 bits per heavy atom. The number of H-pyrrole nitrogens is 1. The highest BCUT2D eigenvalue weighted by Crippen LogP contribution is 2.18. The Balaban J connectivity index is 1.16. The second-order valence-electron chi connectivity index (χ2n) is 9.05. The lowest BCUT2D eigenvalue weighted by atomic mass is 10.1. The highest BCUT2D eigenvalue weighted by Gasteiger charge is 2.20. The molecule has 34 heavy (non-hydrogen) atoms. The number of hydrogen-bond acceptors (Lipinski definition) is 7. The Morgan fingerprint density at radius 1 is 1.03 bits per heavy atom. The summed E-state index contributed by atoms with van der Waals surface area (Å²) in [4.78, 5) is 41.1. The molecule has 3 aromatic rings. The van der Waals surface area contributed by atoms with Crippen molar-refractivity contribution in [3.8, 4) is 0 Å². The standard InChI is InChI=1S/C25H31N7O2/c1-2-19-14-22-23(28-24(19)33)13-18(15-26-22)17-30-9-11-31(12-10-30)20-5-6-21(27-16-20)25(34)29-32-7-3-4-8-32/h5-6,13-16H,2-4,7-12,17H2,1H3,(H,28,33)(H,29,34). The van der Waals surface area contributed by atoms with Crippen LogP contribution in [0.4, 0.5) is 5.69 Å². The van der Waals surface area contributed by atoms with E-state index in [1.54, 1.807) is 12.3 Å². The lowest BCUT2D eigenvalue weighted by molar-refractivity contribution is 0.0820. The first-order chi connectivity index (χ1) is 16.6. The van der Waals surface area contributed by atoms with Crippen LogP contribution in [-0.2, 0) is 13.0 Å². The number of anilines is 1. The van der Waals surface area contributed by atoms with Gasteiger partial charge in [0.1, 0.15) is 5.69 Å². The molecule has 2 aliphatic heterocycles. The van der Waals surface area contributed by atoms with Crippen molar-refractivity contribution in [1.29, 1.82) is 0 Å². The van der Waals surface area contributed by atoms with Gasteiger partial charge < -0.3 is 9.88 Å². The van der Waals surface area contributed by atoms with Gasteiger partial charge in [0, 0.05) is 57.6 Å². The van der Waals surface area contributed by atoms with E-state index in [0.717, 1.165) is 86.5 Å². The number of nitrogens with zero attached hydrogens (tertiary/aromatic N) is 5. The largest absolute Gasteiger partial charge is 0.368 e. The number of carbonyl (C=O) groups excluding carboxylic acids is 1. The summed E-state index contributed by atoms with van der Waals surface area (Å²) in [5, 5.41) is 1.96. The van der Waals surface area contributed by atoms with Crippen LogP contribution in [-0.4, -0.2) is 70.0 Å². The molecule has 178 valence electrons. The average Bonchev–Trinajstić information content (AvgIpc) is 3.37. The van der Waals surface area contributed by atoms with Crippen LogP contribution in [0.2, 0.25) is 0 Å². The number of aromatic nitrogens is 3. The minimum atomic E-state index is -0.144. The van der Waals surface area contributed by atoms with E-state index in [-0.39, 0.29) is 11.5 Å². The molecule has 9 nitrogen and oxygen atoms in total. The summed E-state index contributed by atoms with van der Waals surface area (Å²) in [5.74, 6) is -0.144. The summed E-state index contributed by atoms with van der Waals surface area (Å²) in [6, 6.07) is 7.70. The number of nitrogens with one attached hydrogen (secondary N) is 2. The number of carbonyl (C=O) groups is 1. The minimum absolute atomic E-state index is 0.0317. The quantitative estimate of drug-likeness (QED) is 0.579. The Labute approximate surface area is 198 Å². The van der Waals surface area contributed by atoms with Crippen LogP contribution in [0.1, 0.15) is 41.4 Å². The van der Waals surface area contributed by atoms with Gasteiger partial charge in [-0.2, -0.15) is 0 Å². The number of fused-ring (bicyclic) bond motifs is 1. The Bertz CT molecular complexity index is 1210. The second kappa shape index (κ2) is 9.90. The SMILES string of the molecule is CCc1cc2ncc(CN3CCN(c4ccc(C(=O)NN5CCCC5)nc4)CC3)cc2[nH]c1=O. The molecule has 0 atom stereocenters. The molecule has 0 radical (unpaired) electrons. The highest BCUT2D eigenvalue weighted by molar-refractivity contribution is 5.92. The van der Waals surface area contributed by atoms with Crippen molar-refractivity contribution in [3.05, 3.63) is 63.8 Å². The zero-order valence-electron chi connectivity index (χ0n) is 19.6. The van der Waals surface area contributed by atoms with Gasteiger partial charge in [-0.05, 0) is 49.1 Å². The average molecular weight is 462 g/mol. The molecule has 0 aromatic carbocycles. The van der Waals surface area contributed by atoms with E-state index in [4.69, 9.17) is 0 Å². The molecule has 5 rings (SSSR count). The number of hydrazine groups is 1. The van der Waals surface area contributed by atoms with Crippen molar-refractivity contribution in [2.75, 3.05) is 44.2 Å². The van der Waals surface area contributed by atoms with Gasteiger partial charge in [-0.25, -0.2) is 9.99 Å². The van der Waals surface area contributed by atoms with Gasteiger partial charge in [-0.1, -0.05) is 6.92 Å². The number of aryl methyl sites for hydroxylation is 1. The molecule has 9 heteroatoms. The fourth-order valence-electron chi connectivity index (χ4n) is 4.68. The maximum absolute atomic E-state index is 12.4. The minimum Gasteiger partial charge on any atom is -0.368 e. The molecular weight excluding hydrogens is 430 g/mol. The number of rotatable bonds is 6. The Kier molecular flexibility index (Phi) is 6.55. The normalized spacial score (nSPS) is 17.4. The predicted molar refractivity (Wildman–Crippen MR) is 132 cm³/mol. The molecule has 2 saturated heterocycles. The third-order valence-corrected chi connectivity index (χ3v) is 6.70. The molecule has 3 aromatic heterocycles. The zero-order chi connectivity index (χ0) is 23.5. The van der Waals surface area contributed by atoms with Gasteiger partial charge in [0.25, 0.3) is 11.5 Å². The summed E-state index contributed by atoms with van der Waals surface area (Å²) in [6.45, 7) is 8.18.